The molecule has 108 valence electrons. The molecule has 20 heavy (non-hydrogen) atoms. The number of hydrogen-bond donors (Lipinski definition) is 1. The Hall–Kier alpha value is -1.55. The molecular weight excluding hydrogens is 276 g/mol. The molecule has 1 N–H and O–H groups in total. The standard InChI is InChI=1S/C15H19ClN2O2/c1-10-3-4-11(9-14(10)16)17-15(20)18(2)12-5-7-13(19)8-6-12/h3-4,9,12H,5-8H2,1-2H3,(H,17,20). The van der Waals surface area contributed by atoms with E-state index in [1.807, 2.05) is 19.1 Å². The van der Waals surface area contributed by atoms with Crippen molar-refractivity contribution >= 4 is 29.1 Å². The fourth-order valence-corrected chi connectivity index (χ4v) is 2.54. The molecule has 4 nitrogen and oxygen atoms in total. The van der Waals surface area contributed by atoms with Crippen LogP contribution in [0.15, 0.2) is 18.2 Å². The van der Waals surface area contributed by atoms with Gasteiger partial charge in [-0.2, -0.15) is 0 Å². The molecule has 1 fully saturated rings. The number of nitrogens with one attached hydrogen (secondary N) is 1. The summed E-state index contributed by atoms with van der Waals surface area (Å²) < 4.78 is 0. The number of hydrogen-bond acceptors (Lipinski definition) is 2. The second-order valence-corrected chi connectivity index (χ2v) is 5.68. The van der Waals surface area contributed by atoms with Crippen LogP contribution in [-0.2, 0) is 4.79 Å². The lowest BCUT2D eigenvalue weighted by Gasteiger charge is -2.30. The van der Waals surface area contributed by atoms with Crippen molar-refractivity contribution < 1.29 is 9.59 Å². The Morgan fingerprint density at radius 2 is 2.00 bits per heavy atom. The molecule has 0 spiro atoms. The van der Waals surface area contributed by atoms with Crippen LogP contribution in [0.4, 0.5) is 10.5 Å². The molecule has 0 radical (unpaired) electrons. The maximum absolute atomic E-state index is 12.2. The van der Waals surface area contributed by atoms with Gasteiger partial charge in [-0.1, -0.05) is 17.7 Å². The monoisotopic (exact) mass is 294 g/mol. The van der Waals surface area contributed by atoms with E-state index in [4.69, 9.17) is 11.6 Å². The molecule has 0 saturated heterocycles. The van der Waals surface area contributed by atoms with Gasteiger partial charge in [-0.3, -0.25) is 4.79 Å². The quantitative estimate of drug-likeness (QED) is 0.905. The van der Waals surface area contributed by atoms with Crippen LogP contribution < -0.4 is 5.32 Å². The summed E-state index contributed by atoms with van der Waals surface area (Å²) in [6.45, 7) is 1.92. The second-order valence-electron chi connectivity index (χ2n) is 5.27. The van der Waals surface area contributed by atoms with E-state index >= 15 is 0 Å². The summed E-state index contributed by atoms with van der Waals surface area (Å²) >= 11 is 6.04. The molecule has 0 unspecified atom stereocenters. The number of nitrogens with zero attached hydrogens (tertiary/aromatic N) is 1. The fourth-order valence-electron chi connectivity index (χ4n) is 2.36. The second kappa shape index (κ2) is 6.27. The van der Waals surface area contributed by atoms with Crippen LogP contribution in [0.25, 0.3) is 0 Å². The molecule has 5 heteroatoms. The van der Waals surface area contributed by atoms with E-state index in [9.17, 15) is 9.59 Å². The summed E-state index contributed by atoms with van der Waals surface area (Å²) in [6, 6.07) is 5.42. The molecule has 1 aromatic carbocycles. The topological polar surface area (TPSA) is 49.4 Å². The van der Waals surface area contributed by atoms with Gasteiger partial charge in [0.05, 0.1) is 0 Å². The van der Waals surface area contributed by atoms with E-state index in [0.29, 0.717) is 29.3 Å². The van der Waals surface area contributed by atoms with Crippen molar-refractivity contribution in [2.75, 3.05) is 12.4 Å². The van der Waals surface area contributed by atoms with Crippen LogP contribution in [0.3, 0.4) is 0 Å². The number of urea groups is 1. The van der Waals surface area contributed by atoms with E-state index in [2.05, 4.69) is 5.32 Å². The van der Waals surface area contributed by atoms with Crippen molar-refractivity contribution in [3.05, 3.63) is 28.8 Å². The zero-order valence-corrected chi connectivity index (χ0v) is 12.5. The summed E-state index contributed by atoms with van der Waals surface area (Å²) in [7, 11) is 1.77. The van der Waals surface area contributed by atoms with E-state index in [1.165, 1.54) is 0 Å². The first-order chi connectivity index (χ1) is 9.47. The summed E-state index contributed by atoms with van der Waals surface area (Å²) in [6.07, 6.45) is 2.63. The Balaban J connectivity index is 1.96. The molecule has 1 aliphatic carbocycles. The highest BCUT2D eigenvalue weighted by molar-refractivity contribution is 6.31. The number of ketones is 1. The normalized spacial score (nSPS) is 16.1. The van der Waals surface area contributed by atoms with Gasteiger partial charge in [0.1, 0.15) is 5.78 Å². The highest BCUT2D eigenvalue weighted by Crippen LogP contribution is 2.22. The predicted molar refractivity (Wildman–Crippen MR) is 80.2 cm³/mol. The van der Waals surface area contributed by atoms with Gasteiger partial charge in [-0.15, -0.1) is 0 Å². The smallest absolute Gasteiger partial charge is 0.321 e. The Morgan fingerprint density at radius 1 is 1.35 bits per heavy atom. The van der Waals surface area contributed by atoms with Gasteiger partial charge in [0.25, 0.3) is 0 Å². The molecule has 0 heterocycles. The van der Waals surface area contributed by atoms with Crippen LogP contribution in [0, 0.1) is 6.92 Å². The van der Waals surface area contributed by atoms with E-state index in [-0.39, 0.29) is 12.1 Å². The summed E-state index contributed by atoms with van der Waals surface area (Å²) in [5.41, 5.74) is 1.66. The molecular formula is C15H19ClN2O2. The summed E-state index contributed by atoms with van der Waals surface area (Å²) in [4.78, 5) is 25.1. The van der Waals surface area contributed by atoms with Crippen molar-refractivity contribution in [1.82, 2.24) is 4.90 Å². The van der Waals surface area contributed by atoms with Crippen LogP contribution in [0.1, 0.15) is 31.2 Å². The van der Waals surface area contributed by atoms with Gasteiger partial charge in [0.2, 0.25) is 0 Å². The van der Waals surface area contributed by atoms with Crippen LogP contribution in [-0.4, -0.2) is 29.8 Å². The van der Waals surface area contributed by atoms with Crippen molar-refractivity contribution in [2.24, 2.45) is 0 Å². The molecule has 0 atom stereocenters. The Bertz CT molecular complexity index is 521. The minimum absolute atomic E-state index is 0.133. The lowest BCUT2D eigenvalue weighted by atomic mass is 9.93. The van der Waals surface area contributed by atoms with Crippen molar-refractivity contribution in [3.8, 4) is 0 Å². The Morgan fingerprint density at radius 3 is 2.60 bits per heavy atom. The van der Waals surface area contributed by atoms with E-state index in [0.717, 1.165) is 18.4 Å². The Labute approximate surface area is 124 Å². The number of carbonyl (C=O) groups is 2. The summed E-state index contributed by atoms with van der Waals surface area (Å²) in [5.74, 6) is 0.292. The molecule has 1 aromatic rings. The molecule has 0 aromatic heterocycles. The number of benzene rings is 1. The zero-order chi connectivity index (χ0) is 14.7. The predicted octanol–water partition coefficient (Wildman–Crippen LogP) is 3.62. The molecule has 2 rings (SSSR count). The van der Waals surface area contributed by atoms with Crippen LogP contribution in [0.2, 0.25) is 5.02 Å². The average Bonchev–Trinajstić information content (AvgIpc) is 2.43. The number of aryl methyl sites for hydroxylation is 1. The van der Waals surface area contributed by atoms with E-state index in [1.54, 1.807) is 18.0 Å². The third-order valence-corrected chi connectivity index (χ3v) is 4.21. The number of Topliss-reactive ketones (excluding diaryl/α,β-unsaturated/α-hetero) is 1. The van der Waals surface area contributed by atoms with Gasteiger partial charge in [0, 0.05) is 36.6 Å². The minimum Gasteiger partial charge on any atom is -0.325 e. The SMILES string of the molecule is Cc1ccc(NC(=O)N(C)C2CCC(=O)CC2)cc1Cl. The van der Waals surface area contributed by atoms with Crippen LogP contribution in [0.5, 0.6) is 0 Å². The largest absolute Gasteiger partial charge is 0.325 e. The fraction of sp³-hybridized carbons (Fsp3) is 0.467. The van der Waals surface area contributed by atoms with Crippen molar-refractivity contribution in [2.45, 2.75) is 38.6 Å². The number of amides is 2. The first-order valence-electron chi connectivity index (χ1n) is 6.79. The van der Waals surface area contributed by atoms with Gasteiger partial charge in [-0.25, -0.2) is 4.79 Å². The third-order valence-electron chi connectivity index (χ3n) is 3.80. The van der Waals surface area contributed by atoms with Crippen molar-refractivity contribution in [3.63, 3.8) is 0 Å². The number of carbonyl (C=O) groups excluding carboxylic acids is 2. The lowest BCUT2D eigenvalue weighted by Crippen LogP contribution is -2.41. The number of rotatable bonds is 2. The first kappa shape index (κ1) is 14.9. The van der Waals surface area contributed by atoms with Gasteiger partial charge >= 0.3 is 6.03 Å². The highest BCUT2D eigenvalue weighted by atomic mass is 35.5. The third kappa shape index (κ3) is 3.51. The molecule has 0 bridgehead atoms. The highest BCUT2D eigenvalue weighted by Gasteiger charge is 2.25. The summed E-state index contributed by atoms with van der Waals surface area (Å²) in [5, 5.41) is 3.47. The zero-order valence-electron chi connectivity index (χ0n) is 11.8. The van der Waals surface area contributed by atoms with Gasteiger partial charge in [0.15, 0.2) is 0 Å². The number of anilines is 1. The Kier molecular flexibility index (Phi) is 4.65. The maximum Gasteiger partial charge on any atom is 0.321 e. The molecule has 1 saturated carbocycles. The van der Waals surface area contributed by atoms with Gasteiger partial charge < -0.3 is 10.2 Å². The lowest BCUT2D eigenvalue weighted by molar-refractivity contribution is -0.121. The van der Waals surface area contributed by atoms with Gasteiger partial charge in [-0.05, 0) is 37.5 Å². The maximum atomic E-state index is 12.2. The number of halogens is 1. The van der Waals surface area contributed by atoms with Crippen molar-refractivity contribution in [1.29, 1.82) is 0 Å². The van der Waals surface area contributed by atoms with E-state index < -0.39 is 0 Å². The molecule has 0 aliphatic heterocycles. The molecule has 1 aliphatic rings. The molecule has 2 amide bonds. The first-order valence-corrected chi connectivity index (χ1v) is 7.17. The van der Waals surface area contributed by atoms with Crippen LogP contribution >= 0.6 is 11.6 Å². The average molecular weight is 295 g/mol. The minimum atomic E-state index is -0.163.